The minimum atomic E-state index is -4.78. The van der Waals surface area contributed by atoms with Crippen LogP contribution in [0.2, 0.25) is 0 Å². The van der Waals surface area contributed by atoms with Crippen LogP contribution in [-0.2, 0) is 0 Å². The third kappa shape index (κ3) is 4.92. The SMILES string of the molecule is Cl.NCCC[C@H]1CNC(=O)c2cc(-c3cccc(OC(F)(F)F)c3)c(-c3ccccc3)n21. The Morgan fingerprint density at radius 1 is 1.06 bits per heavy atom. The number of aromatic nitrogens is 1. The number of rotatable bonds is 6. The summed E-state index contributed by atoms with van der Waals surface area (Å²) in [6.07, 6.45) is -3.22. The van der Waals surface area contributed by atoms with E-state index in [-0.39, 0.29) is 30.1 Å². The summed E-state index contributed by atoms with van der Waals surface area (Å²) >= 11 is 0. The second kappa shape index (κ2) is 9.67. The van der Waals surface area contributed by atoms with Crippen molar-refractivity contribution in [1.29, 1.82) is 0 Å². The van der Waals surface area contributed by atoms with Crippen molar-refractivity contribution in [3.8, 4) is 28.1 Å². The lowest BCUT2D eigenvalue weighted by molar-refractivity contribution is -0.274. The Labute approximate surface area is 189 Å². The van der Waals surface area contributed by atoms with E-state index in [2.05, 4.69) is 10.1 Å². The topological polar surface area (TPSA) is 69.3 Å². The van der Waals surface area contributed by atoms with Gasteiger partial charge in [0.05, 0.1) is 11.7 Å². The zero-order valence-corrected chi connectivity index (χ0v) is 17.9. The van der Waals surface area contributed by atoms with E-state index >= 15 is 0 Å². The summed E-state index contributed by atoms with van der Waals surface area (Å²) in [5, 5.41) is 2.91. The molecule has 3 aromatic rings. The van der Waals surface area contributed by atoms with Crippen LogP contribution >= 0.6 is 12.4 Å². The van der Waals surface area contributed by atoms with Gasteiger partial charge in [-0.2, -0.15) is 0 Å². The molecular formula is C23H23ClF3N3O2. The normalized spacial score (nSPS) is 15.5. The summed E-state index contributed by atoms with van der Waals surface area (Å²) in [4.78, 5) is 12.7. The highest BCUT2D eigenvalue weighted by Crippen LogP contribution is 2.40. The number of hydrogen-bond acceptors (Lipinski definition) is 3. The van der Waals surface area contributed by atoms with Gasteiger partial charge in [0, 0.05) is 12.1 Å². The number of carbonyl (C=O) groups excluding carboxylic acids is 1. The Morgan fingerprint density at radius 3 is 2.47 bits per heavy atom. The molecule has 1 atom stereocenters. The third-order valence-electron chi connectivity index (χ3n) is 5.30. The van der Waals surface area contributed by atoms with E-state index in [4.69, 9.17) is 5.73 Å². The molecule has 0 bridgehead atoms. The molecule has 5 nitrogen and oxygen atoms in total. The standard InChI is InChI=1S/C23H22F3N3O2.ClH/c24-23(25,26)31-18-10-4-8-16(12-18)19-13-20-22(30)28-14-17(9-5-11-27)29(20)21(19)15-6-2-1-3-7-15;/h1-4,6-8,10,12-13,17H,5,9,11,14,27H2,(H,28,30);1H/t17-;/m0./s1. The number of alkyl halides is 3. The molecule has 0 radical (unpaired) electrons. The fraction of sp³-hybridized carbons (Fsp3) is 0.261. The predicted octanol–water partition coefficient (Wildman–Crippen LogP) is 5.17. The Morgan fingerprint density at radius 2 is 1.78 bits per heavy atom. The summed E-state index contributed by atoms with van der Waals surface area (Å²) in [5.41, 5.74) is 9.05. The number of hydrogen-bond donors (Lipinski definition) is 2. The number of benzene rings is 2. The highest BCUT2D eigenvalue weighted by molar-refractivity contribution is 5.98. The molecule has 1 aliphatic heterocycles. The number of nitrogens with two attached hydrogens (primary N) is 1. The van der Waals surface area contributed by atoms with Crippen molar-refractivity contribution in [3.63, 3.8) is 0 Å². The van der Waals surface area contributed by atoms with Crippen LogP contribution < -0.4 is 15.8 Å². The van der Waals surface area contributed by atoms with Crippen molar-refractivity contribution in [1.82, 2.24) is 9.88 Å². The van der Waals surface area contributed by atoms with E-state index in [9.17, 15) is 18.0 Å². The lowest BCUT2D eigenvalue weighted by Crippen LogP contribution is -2.39. The maximum absolute atomic E-state index is 12.7. The third-order valence-corrected chi connectivity index (χ3v) is 5.30. The van der Waals surface area contributed by atoms with Crippen molar-refractivity contribution < 1.29 is 22.7 Å². The maximum Gasteiger partial charge on any atom is 0.573 e. The largest absolute Gasteiger partial charge is 0.573 e. The molecule has 0 saturated carbocycles. The fourth-order valence-corrected chi connectivity index (χ4v) is 4.03. The highest BCUT2D eigenvalue weighted by Gasteiger charge is 2.32. The van der Waals surface area contributed by atoms with Crippen molar-refractivity contribution in [2.45, 2.75) is 25.2 Å². The molecule has 0 fully saturated rings. The van der Waals surface area contributed by atoms with Crippen LogP contribution in [0.5, 0.6) is 5.75 Å². The average Bonchev–Trinajstić information content (AvgIpc) is 3.15. The molecule has 0 saturated heterocycles. The van der Waals surface area contributed by atoms with Crippen LogP contribution in [-0.4, -0.2) is 29.9 Å². The summed E-state index contributed by atoms with van der Waals surface area (Å²) < 4.78 is 44.3. The van der Waals surface area contributed by atoms with Gasteiger partial charge < -0.3 is 20.4 Å². The van der Waals surface area contributed by atoms with E-state index in [1.165, 1.54) is 18.2 Å². The van der Waals surface area contributed by atoms with Crippen molar-refractivity contribution in [2.24, 2.45) is 5.73 Å². The Balaban J connectivity index is 0.00000289. The summed E-state index contributed by atoms with van der Waals surface area (Å²) in [6.45, 7) is 1.00. The molecule has 4 rings (SSSR count). The molecule has 1 aliphatic rings. The van der Waals surface area contributed by atoms with Gasteiger partial charge in [-0.05, 0) is 48.7 Å². The van der Waals surface area contributed by atoms with Gasteiger partial charge in [0.1, 0.15) is 11.4 Å². The fourth-order valence-electron chi connectivity index (χ4n) is 4.03. The zero-order valence-electron chi connectivity index (χ0n) is 17.1. The number of ether oxygens (including phenoxy) is 1. The lowest BCUT2D eigenvalue weighted by atomic mass is 10.0. The van der Waals surface area contributed by atoms with Crippen LogP contribution in [0, 0.1) is 0 Å². The molecule has 3 N–H and O–H groups in total. The van der Waals surface area contributed by atoms with Crippen molar-refractivity contribution >= 4 is 18.3 Å². The van der Waals surface area contributed by atoms with Crippen molar-refractivity contribution in [2.75, 3.05) is 13.1 Å². The van der Waals surface area contributed by atoms with Gasteiger partial charge in [-0.1, -0.05) is 42.5 Å². The van der Waals surface area contributed by atoms with Crippen LogP contribution in [0.15, 0.2) is 60.7 Å². The van der Waals surface area contributed by atoms with Gasteiger partial charge in [0.25, 0.3) is 5.91 Å². The molecular weight excluding hydrogens is 443 g/mol. The molecule has 32 heavy (non-hydrogen) atoms. The van der Waals surface area contributed by atoms with Crippen LogP contribution in [0.25, 0.3) is 22.4 Å². The highest BCUT2D eigenvalue weighted by atomic mass is 35.5. The smallest absolute Gasteiger partial charge is 0.406 e. The quantitative estimate of drug-likeness (QED) is 0.528. The van der Waals surface area contributed by atoms with E-state index in [0.29, 0.717) is 29.9 Å². The number of amides is 1. The van der Waals surface area contributed by atoms with Crippen molar-refractivity contribution in [3.05, 3.63) is 66.4 Å². The van der Waals surface area contributed by atoms with E-state index in [1.54, 1.807) is 12.1 Å². The average molecular weight is 466 g/mol. The van der Waals surface area contributed by atoms with Crippen LogP contribution in [0.3, 0.4) is 0 Å². The van der Waals surface area contributed by atoms with E-state index < -0.39 is 6.36 Å². The molecule has 1 amide bonds. The number of nitrogens with zero attached hydrogens (tertiary/aromatic N) is 1. The lowest BCUT2D eigenvalue weighted by Gasteiger charge is -2.29. The first kappa shape index (κ1) is 23.7. The van der Waals surface area contributed by atoms with Crippen LogP contribution in [0.1, 0.15) is 29.4 Å². The molecule has 170 valence electrons. The zero-order chi connectivity index (χ0) is 22.0. The minimum Gasteiger partial charge on any atom is -0.406 e. The van der Waals surface area contributed by atoms with Gasteiger partial charge in [0.2, 0.25) is 0 Å². The molecule has 2 aromatic carbocycles. The molecule has 2 heterocycles. The van der Waals surface area contributed by atoms with Crippen LogP contribution in [0.4, 0.5) is 13.2 Å². The van der Waals surface area contributed by atoms with E-state index in [0.717, 1.165) is 24.1 Å². The number of halogens is 4. The monoisotopic (exact) mass is 465 g/mol. The van der Waals surface area contributed by atoms with Gasteiger partial charge >= 0.3 is 6.36 Å². The van der Waals surface area contributed by atoms with Gasteiger partial charge in [-0.3, -0.25) is 4.79 Å². The second-order valence-corrected chi connectivity index (χ2v) is 7.40. The molecule has 1 aromatic heterocycles. The second-order valence-electron chi connectivity index (χ2n) is 7.40. The summed E-state index contributed by atoms with van der Waals surface area (Å²) in [6, 6.07) is 17.1. The Hall–Kier alpha value is -2.97. The van der Waals surface area contributed by atoms with Gasteiger partial charge in [-0.15, -0.1) is 25.6 Å². The summed E-state index contributed by atoms with van der Waals surface area (Å²) in [5.74, 6) is -0.521. The molecule has 0 aliphatic carbocycles. The first-order chi connectivity index (χ1) is 14.9. The first-order valence-electron chi connectivity index (χ1n) is 10.0. The molecule has 0 spiro atoms. The predicted molar refractivity (Wildman–Crippen MR) is 119 cm³/mol. The maximum atomic E-state index is 12.7. The number of fused-ring (bicyclic) bond motifs is 1. The minimum absolute atomic E-state index is 0. The summed E-state index contributed by atoms with van der Waals surface area (Å²) in [7, 11) is 0. The molecule has 0 unspecified atom stereocenters. The first-order valence-corrected chi connectivity index (χ1v) is 10.0. The Kier molecular flexibility index (Phi) is 7.16. The Bertz CT molecular complexity index is 1080. The van der Waals surface area contributed by atoms with Gasteiger partial charge in [-0.25, -0.2) is 0 Å². The van der Waals surface area contributed by atoms with Gasteiger partial charge in [0.15, 0.2) is 0 Å². The van der Waals surface area contributed by atoms with E-state index in [1.807, 2.05) is 34.9 Å². The number of carbonyl (C=O) groups is 1. The molecule has 9 heteroatoms. The number of nitrogens with one attached hydrogen (secondary N) is 1.